The van der Waals surface area contributed by atoms with Gasteiger partial charge >= 0.3 is 0 Å². The highest BCUT2D eigenvalue weighted by atomic mass is 35.5. The van der Waals surface area contributed by atoms with Gasteiger partial charge in [-0.3, -0.25) is 0 Å². The second-order valence-electron chi connectivity index (χ2n) is 4.21. The second-order valence-corrected chi connectivity index (χ2v) is 4.86. The normalized spacial score (nSPS) is 12.6. The highest BCUT2D eigenvalue weighted by Crippen LogP contribution is 2.20. The fourth-order valence-electron chi connectivity index (χ4n) is 1.77. The van der Waals surface area contributed by atoms with Gasteiger partial charge in [0.05, 0.1) is 6.20 Å². The quantitative estimate of drug-likeness (QED) is 0.764. The molecule has 2 rings (SSSR count). The van der Waals surface area contributed by atoms with Gasteiger partial charge < -0.3 is 4.42 Å². The summed E-state index contributed by atoms with van der Waals surface area (Å²) >= 11 is 5.90. The van der Waals surface area contributed by atoms with Crippen LogP contribution in [0.3, 0.4) is 0 Å². The van der Waals surface area contributed by atoms with Crippen LogP contribution in [0.2, 0.25) is 0 Å². The van der Waals surface area contributed by atoms with Gasteiger partial charge in [0, 0.05) is 6.42 Å². The predicted octanol–water partition coefficient (Wildman–Crippen LogP) is 4.07. The molecular weight excluding hydrogens is 234 g/mol. The van der Waals surface area contributed by atoms with Crippen LogP contribution in [0.4, 0.5) is 0 Å². The van der Waals surface area contributed by atoms with Crippen molar-refractivity contribution in [1.82, 2.24) is 4.98 Å². The molecule has 0 N–H and O–H groups in total. The van der Waals surface area contributed by atoms with E-state index in [1.165, 1.54) is 11.1 Å². The average molecular weight is 250 g/mol. The van der Waals surface area contributed by atoms with Crippen molar-refractivity contribution in [3.05, 3.63) is 53.2 Å². The summed E-state index contributed by atoms with van der Waals surface area (Å²) in [6.45, 7) is 3.99. The maximum atomic E-state index is 5.90. The van der Waals surface area contributed by atoms with E-state index in [1.54, 1.807) is 6.20 Å². The number of benzene rings is 1. The van der Waals surface area contributed by atoms with Crippen LogP contribution in [0.25, 0.3) is 0 Å². The fourth-order valence-corrected chi connectivity index (χ4v) is 1.87. The fraction of sp³-hybridized carbons (Fsp3) is 0.357. The second kappa shape index (κ2) is 5.37. The van der Waals surface area contributed by atoms with Gasteiger partial charge in [0.15, 0.2) is 0 Å². The molecule has 0 aliphatic rings. The third-order valence-electron chi connectivity index (χ3n) is 2.81. The van der Waals surface area contributed by atoms with Gasteiger partial charge in [0.25, 0.3) is 0 Å². The molecule has 1 aromatic carbocycles. The Balaban J connectivity index is 2.00. The summed E-state index contributed by atoms with van der Waals surface area (Å²) in [6, 6.07) is 8.40. The smallest absolute Gasteiger partial charge is 0.212 e. The molecule has 2 aromatic rings. The number of rotatable bonds is 4. The van der Waals surface area contributed by atoms with Crippen LogP contribution >= 0.6 is 11.6 Å². The zero-order valence-corrected chi connectivity index (χ0v) is 10.9. The SMILES string of the molecule is Cc1ccccc1CCc1cnc(C(C)Cl)o1. The third kappa shape index (κ3) is 3.10. The lowest BCUT2D eigenvalue weighted by atomic mass is 10.0. The molecule has 1 atom stereocenters. The molecule has 3 heteroatoms. The van der Waals surface area contributed by atoms with Crippen LogP contribution < -0.4 is 0 Å². The molecule has 0 saturated carbocycles. The summed E-state index contributed by atoms with van der Waals surface area (Å²) in [4.78, 5) is 4.15. The Morgan fingerprint density at radius 3 is 2.71 bits per heavy atom. The molecule has 0 saturated heterocycles. The van der Waals surface area contributed by atoms with Crippen LogP contribution in [0.15, 0.2) is 34.9 Å². The van der Waals surface area contributed by atoms with Gasteiger partial charge in [0.1, 0.15) is 11.1 Å². The molecule has 2 nitrogen and oxygen atoms in total. The number of alkyl halides is 1. The zero-order chi connectivity index (χ0) is 12.3. The van der Waals surface area contributed by atoms with Crippen molar-refractivity contribution in [2.75, 3.05) is 0 Å². The summed E-state index contributed by atoms with van der Waals surface area (Å²) in [5.41, 5.74) is 2.67. The van der Waals surface area contributed by atoms with E-state index in [0.29, 0.717) is 5.89 Å². The van der Waals surface area contributed by atoms with E-state index in [4.69, 9.17) is 16.0 Å². The Kier molecular flexibility index (Phi) is 3.85. The highest BCUT2D eigenvalue weighted by molar-refractivity contribution is 6.20. The summed E-state index contributed by atoms with van der Waals surface area (Å²) in [6.07, 6.45) is 3.60. The summed E-state index contributed by atoms with van der Waals surface area (Å²) < 4.78 is 5.56. The first-order chi connectivity index (χ1) is 8.16. The lowest BCUT2D eigenvalue weighted by molar-refractivity contribution is 0.454. The first kappa shape index (κ1) is 12.2. The minimum absolute atomic E-state index is 0.165. The molecule has 1 aromatic heterocycles. The van der Waals surface area contributed by atoms with Crippen molar-refractivity contribution in [3.8, 4) is 0 Å². The van der Waals surface area contributed by atoms with Crippen LogP contribution in [-0.4, -0.2) is 4.98 Å². The van der Waals surface area contributed by atoms with Gasteiger partial charge in [0.2, 0.25) is 5.89 Å². The average Bonchev–Trinajstić information content (AvgIpc) is 2.77. The Labute approximate surface area is 107 Å². The van der Waals surface area contributed by atoms with Gasteiger partial charge in [-0.25, -0.2) is 4.98 Å². The van der Waals surface area contributed by atoms with Crippen molar-refractivity contribution in [3.63, 3.8) is 0 Å². The van der Waals surface area contributed by atoms with E-state index >= 15 is 0 Å². The minimum atomic E-state index is -0.165. The number of oxazole rings is 1. The largest absolute Gasteiger partial charge is 0.444 e. The minimum Gasteiger partial charge on any atom is -0.444 e. The summed E-state index contributed by atoms with van der Waals surface area (Å²) in [5.74, 6) is 1.50. The molecule has 0 fully saturated rings. The van der Waals surface area contributed by atoms with Gasteiger partial charge in [-0.1, -0.05) is 24.3 Å². The van der Waals surface area contributed by atoms with E-state index in [9.17, 15) is 0 Å². The number of hydrogen-bond acceptors (Lipinski definition) is 2. The van der Waals surface area contributed by atoms with Gasteiger partial charge in [-0.2, -0.15) is 0 Å². The Morgan fingerprint density at radius 1 is 1.29 bits per heavy atom. The van der Waals surface area contributed by atoms with Crippen LogP contribution in [0.5, 0.6) is 0 Å². The maximum absolute atomic E-state index is 5.90. The highest BCUT2D eigenvalue weighted by Gasteiger charge is 2.09. The Morgan fingerprint density at radius 2 is 2.06 bits per heavy atom. The van der Waals surface area contributed by atoms with Crippen molar-refractivity contribution >= 4 is 11.6 Å². The molecule has 0 spiro atoms. The summed E-state index contributed by atoms with van der Waals surface area (Å²) in [7, 11) is 0. The number of aryl methyl sites for hydroxylation is 3. The first-order valence-corrected chi connectivity index (χ1v) is 6.23. The summed E-state index contributed by atoms with van der Waals surface area (Å²) in [5, 5.41) is -0.165. The first-order valence-electron chi connectivity index (χ1n) is 5.80. The van der Waals surface area contributed by atoms with Crippen LogP contribution in [0.1, 0.15) is 35.1 Å². The lowest BCUT2D eigenvalue weighted by Gasteiger charge is -2.03. The predicted molar refractivity (Wildman–Crippen MR) is 69.4 cm³/mol. The van der Waals surface area contributed by atoms with Gasteiger partial charge in [-0.05, 0) is 31.4 Å². The van der Waals surface area contributed by atoms with E-state index in [-0.39, 0.29) is 5.38 Å². The standard InChI is InChI=1S/C14H16ClNO/c1-10-5-3-4-6-12(10)7-8-13-9-16-14(17-13)11(2)15/h3-6,9,11H,7-8H2,1-2H3. The number of hydrogen-bond donors (Lipinski definition) is 0. The number of nitrogens with zero attached hydrogens (tertiary/aromatic N) is 1. The Bertz CT molecular complexity index is 490. The molecule has 0 radical (unpaired) electrons. The zero-order valence-electron chi connectivity index (χ0n) is 10.1. The number of halogens is 1. The molecule has 1 heterocycles. The van der Waals surface area contributed by atoms with Crippen molar-refractivity contribution in [2.45, 2.75) is 32.1 Å². The molecule has 17 heavy (non-hydrogen) atoms. The van der Waals surface area contributed by atoms with Crippen molar-refractivity contribution in [1.29, 1.82) is 0 Å². The topological polar surface area (TPSA) is 26.0 Å². The van der Waals surface area contributed by atoms with E-state index in [2.05, 4.69) is 36.2 Å². The van der Waals surface area contributed by atoms with Crippen LogP contribution in [-0.2, 0) is 12.8 Å². The van der Waals surface area contributed by atoms with E-state index in [0.717, 1.165) is 18.6 Å². The van der Waals surface area contributed by atoms with E-state index in [1.807, 2.05) is 6.92 Å². The van der Waals surface area contributed by atoms with Crippen molar-refractivity contribution < 1.29 is 4.42 Å². The Hall–Kier alpha value is -1.28. The molecular formula is C14H16ClNO. The monoisotopic (exact) mass is 249 g/mol. The number of aromatic nitrogens is 1. The molecule has 0 amide bonds. The molecule has 90 valence electrons. The van der Waals surface area contributed by atoms with Gasteiger partial charge in [-0.15, -0.1) is 11.6 Å². The third-order valence-corrected chi connectivity index (χ3v) is 3.00. The van der Waals surface area contributed by atoms with Crippen molar-refractivity contribution in [2.24, 2.45) is 0 Å². The van der Waals surface area contributed by atoms with E-state index < -0.39 is 0 Å². The maximum Gasteiger partial charge on any atom is 0.212 e. The molecule has 0 aliphatic carbocycles. The molecule has 1 unspecified atom stereocenters. The molecule has 0 bridgehead atoms. The lowest BCUT2D eigenvalue weighted by Crippen LogP contribution is -1.92. The van der Waals surface area contributed by atoms with Crippen LogP contribution in [0, 0.1) is 6.92 Å². The molecule has 0 aliphatic heterocycles.